The zero-order chi connectivity index (χ0) is 13.7. The lowest BCUT2D eigenvalue weighted by atomic mass is 10.1. The summed E-state index contributed by atoms with van der Waals surface area (Å²) in [5.74, 6) is 0.633. The Hall–Kier alpha value is -1.62. The van der Waals surface area contributed by atoms with Crippen LogP contribution in [0.5, 0.6) is 0 Å². The van der Waals surface area contributed by atoms with Crippen molar-refractivity contribution in [2.45, 2.75) is 18.4 Å². The van der Waals surface area contributed by atoms with Crippen LogP contribution in [0, 0.1) is 12.7 Å². The first kappa shape index (κ1) is 13.8. The molecule has 2 rings (SSSR count). The first-order valence-electron chi connectivity index (χ1n) is 6.04. The predicted octanol–water partition coefficient (Wildman–Crippen LogP) is 3.30. The Bertz CT molecular complexity index is 560. The van der Waals surface area contributed by atoms with Crippen LogP contribution in [0.4, 0.5) is 10.2 Å². The maximum Gasteiger partial charge on any atom is 0.130 e. The minimum Gasteiger partial charge on any atom is -0.370 e. The van der Waals surface area contributed by atoms with Crippen LogP contribution in [0.25, 0.3) is 0 Å². The van der Waals surface area contributed by atoms with Gasteiger partial charge in [0.1, 0.15) is 23.0 Å². The molecule has 0 atom stereocenters. The Kier molecular flexibility index (Phi) is 4.74. The van der Waals surface area contributed by atoms with Crippen LogP contribution in [0.3, 0.4) is 0 Å². The second kappa shape index (κ2) is 6.52. The Labute approximate surface area is 116 Å². The van der Waals surface area contributed by atoms with E-state index < -0.39 is 0 Å². The Morgan fingerprint density at radius 3 is 2.84 bits per heavy atom. The van der Waals surface area contributed by atoms with Crippen LogP contribution in [0.2, 0.25) is 0 Å². The molecule has 0 bridgehead atoms. The van der Waals surface area contributed by atoms with Crippen molar-refractivity contribution in [1.29, 1.82) is 0 Å². The standard InChI is InChI=1S/C14H16FN3S/c1-10-7-12(15)4-3-11(10)5-6-16-13-8-14(19-2)18-9-17-13/h3-4,7-9H,5-6H2,1-2H3,(H,16,17,18). The van der Waals surface area contributed by atoms with Gasteiger partial charge >= 0.3 is 0 Å². The lowest BCUT2D eigenvalue weighted by molar-refractivity contribution is 0.625. The van der Waals surface area contributed by atoms with Gasteiger partial charge in [-0.1, -0.05) is 6.07 Å². The molecular formula is C14H16FN3S. The van der Waals surface area contributed by atoms with E-state index in [9.17, 15) is 4.39 Å². The van der Waals surface area contributed by atoms with Crippen LogP contribution < -0.4 is 5.32 Å². The summed E-state index contributed by atoms with van der Waals surface area (Å²) in [5, 5.41) is 4.19. The molecule has 3 nitrogen and oxygen atoms in total. The highest BCUT2D eigenvalue weighted by Crippen LogP contribution is 2.14. The monoisotopic (exact) mass is 277 g/mol. The van der Waals surface area contributed by atoms with E-state index in [1.54, 1.807) is 24.2 Å². The number of rotatable bonds is 5. The van der Waals surface area contributed by atoms with Gasteiger partial charge in [0.25, 0.3) is 0 Å². The van der Waals surface area contributed by atoms with Gasteiger partial charge in [0.2, 0.25) is 0 Å². The summed E-state index contributed by atoms with van der Waals surface area (Å²) in [6.45, 7) is 2.69. The number of anilines is 1. The average Bonchev–Trinajstić information content (AvgIpc) is 2.41. The summed E-state index contributed by atoms with van der Waals surface area (Å²) >= 11 is 1.58. The zero-order valence-electron chi connectivity index (χ0n) is 11.0. The molecule has 5 heteroatoms. The van der Waals surface area contributed by atoms with Crippen molar-refractivity contribution < 1.29 is 4.39 Å². The highest BCUT2D eigenvalue weighted by atomic mass is 32.2. The second-order valence-electron chi connectivity index (χ2n) is 4.19. The first-order valence-corrected chi connectivity index (χ1v) is 7.26. The highest BCUT2D eigenvalue weighted by Gasteiger charge is 2.01. The number of aryl methyl sites for hydroxylation is 1. The van der Waals surface area contributed by atoms with Crippen molar-refractivity contribution in [3.63, 3.8) is 0 Å². The largest absolute Gasteiger partial charge is 0.370 e. The fraction of sp³-hybridized carbons (Fsp3) is 0.286. The van der Waals surface area contributed by atoms with E-state index in [-0.39, 0.29) is 5.82 Å². The van der Waals surface area contributed by atoms with Crippen LogP contribution >= 0.6 is 11.8 Å². The van der Waals surface area contributed by atoms with Gasteiger partial charge in [-0.3, -0.25) is 0 Å². The van der Waals surface area contributed by atoms with Gasteiger partial charge in [0.05, 0.1) is 0 Å². The number of aromatic nitrogens is 2. The number of hydrogen-bond acceptors (Lipinski definition) is 4. The Morgan fingerprint density at radius 1 is 1.26 bits per heavy atom. The zero-order valence-corrected chi connectivity index (χ0v) is 11.8. The third-order valence-electron chi connectivity index (χ3n) is 2.86. The van der Waals surface area contributed by atoms with Gasteiger partial charge in [-0.05, 0) is 42.9 Å². The maximum atomic E-state index is 13.0. The quantitative estimate of drug-likeness (QED) is 0.672. The molecule has 0 aliphatic heterocycles. The van der Waals surface area contributed by atoms with Crippen molar-refractivity contribution in [2.75, 3.05) is 18.1 Å². The predicted molar refractivity (Wildman–Crippen MR) is 77.1 cm³/mol. The topological polar surface area (TPSA) is 37.8 Å². The van der Waals surface area contributed by atoms with Crippen LogP contribution in [-0.4, -0.2) is 22.8 Å². The van der Waals surface area contributed by atoms with E-state index in [0.717, 1.165) is 34.9 Å². The van der Waals surface area contributed by atoms with Gasteiger partial charge in [-0.15, -0.1) is 11.8 Å². The van der Waals surface area contributed by atoms with Crippen molar-refractivity contribution in [1.82, 2.24) is 9.97 Å². The minimum absolute atomic E-state index is 0.186. The molecule has 0 aliphatic carbocycles. The van der Waals surface area contributed by atoms with Crippen molar-refractivity contribution in [3.05, 3.63) is 47.5 Å². The molecule has 1 aromatic carbocycles. The number of hydrogen-bond donors (Lipinski definition) is 1. The van der Waals surface area contributed by atoms with Crippen LogP contribution in [0.1, 0.15) is 11.1 Å². The second-order valence-corrected chi connectivity index (χ2v) is 5.02. The fourth-order valence-electron chi connectivity index (χ4n) is 1.81. The molecule has 0 aliphatic rings. The van der Waals surface area contributed by atoms with E-state index in [1.165, 1.54) is 6.07 Å². The molecule has 0 saturated heterocycles. The number of halogens is 1. The molecule has 0 amide bonds. The molecular weight excluding hydrogens is 261 g/mol. The van der Waals surface area contributed by atoms with E-state index >= 15 is 0 Å². The maximum absolute atomic E-state index is 13.0. The van der Waals surface area contributed by atoms with Gasteiger partial charge in [0.15, 0.2) is 0 Å². The molecule has 2 aromatic rings. The molecule has 1 N–H and O–H groups in total. The van der Waals surface area contributed by atoms with Crippen molar-refractivity contribution >= 4 is 17.6 Å². The average molecular weight is 277 g/mol. The number of nitrogens with one attached hydrogen (secondary N) is 1. The van der Waals surface area contributed by atoms with Crippen LogP contribution in [0.15, 0.2) is 35.6 Å². The van der Waals surface area contributed by atoms with E-state index in [2.05, 4.69) is 15.3 Å². The first-order chi connectivity index (χ1) is 9.19. The summed E-state index contributed by atoms with van der Waals surface area (Å²) in [7, 11) is 0. The summed E-state index contributed by atoms with van der Waals surface area (Å²) in [5.41, 5.74) is 2.13. The smallest absolute Gasteiger partial charge is 0.130 e. The molecule has 0 saturated carbocycles. The number of benzene rings is 1. The Morgan fingerprint density at radius 2 is 2.11 bits per heavy atom. The molecule has 0 fully saturated rings. The number of thioether (sulfide) groups is 1. The van der Waals surface area contributed by atoms with E-state index in [4.69, 9.17) is 0 Å². The highest BCUT2D eigenvalue weighted by molar-refractivity contribution is 7.98. The third-order valence-corrected chi connectivity index (χ3v) is 3.50. The molecule has 19 heavy (non-hydrogen) atoms. The summed E-state index contributed by atoms with van der Waals surface area (Å²) in [6, 6.07) is 6.81. The lowest BCUT2D eigenvalue weighted by Gasteiger charge is -2.08. The summed E-state index contributed by atoms with van der Waals surface area (Å²) in [4.78, 5) is 8.28. The summed E-state index contributed by atoms with van der Waals surface area (Å²) < 4.78 is 13.0. The minimum atomic E-state index is -0.186. The molecule has 100 valence electrons. The fourth-order valence-corrected chi connectivity index (χ4v) is 2.19. The molecule has 0 spiro atoms. The van der Waals surface area contributed by atoms with Crippen molar-refractivity contribution in [2.24, 2.45) is 0 Å². The lowest BCUT2D eigenvalue weighted by Crippen LogP contribution is -2.07. The van der Waals surface area contributed by atoms with Gasteiger partial charge in [-0.25, -0.2) is 14.4 Å². The van der Waals surface area contributed by atoms with E-state index in [1.807, 2.05) is 25.3 Å². The van der Waals surface area contributed by atoms with Crippen LogP contribution in [-0.2, 0) is 6.42 Å². The van der Waals surface area contributed by atoms with Gasteiger partial charge in [0, 0.05) is 12.6 Å². The molecule has 1 heterocycles. The number of nitrogens with zero attached hydrogens (tertiary/aromatic N) is 2. The van der Waals surface area contributed by atoms with Gasteiger partial charge < -0.3 is 5.32 Å². The van der Waals surface area contributed by atoms with Crippen molar-refractivity contribution in [3.8, 4) is 0 Å². The SMILES string of the molecule is CSc1cc(NCCc2ccc(F)cc2C)ncn1. The van der Waals surface area contributed by atoms with Gasteiger partial charge in [-0.2, -0.15) is 0 Å². The summed E-state index contributed by atoms with van der Waals surface area (Å²) in [6.07, 6.45) is 4.37. The molecule has 0 radical (unpaired) electrons. The molecule has 1 aromatic heterocycles. The normalized spacial score (nSPS) is 10.5. The molecule has 0 unspecified atom stereocenters. The van der Waals surface area contributed by atoms with E-state index in [0.29, 0.717) is 0 Å². The Balaban J connectivity index is 1.92. The third kappa shape index (κ3) is 3.92.